The van der Waals surface area contributed by atoms with E-state index in [-0.39, 0.29) is 16.2 Å². The van der Waals surface area contributed by atoms with Crippen molar-refractivity contribution >= 4 is 6.08 Å². The zero-order valence-electron chi connectivity index (χ0n) is 21.9. The fourth-order valence-corrected chi connectivity index (χ4v) is 4.51. The molecule has 3 rings (SSSR count). The van der Waals surface area contributed by atoms with Gasteiger partial charge in [-0.15, -0.1) is 0 Å². The summed E-state index contributed by atoms with van der Waals surface area (Å²) >= 11 is 0. The Balaban J connectivity index is 2.48. The zero-order chi connectivity index (χ0) is 23.5. The summed E-state index contributed by atoms with van der Waals surface area (Å²) in [4.78, 5) is 0. The quantitative estimate of drug-likeness (QED) is 0.473. The fourth-order valence-electron chi connectivity index (χ4n) is 4.51. The van der Waals surface area contributed by atoms with Gasteiger partial charge in [-0.2, -0.15) is 0 Å². The van der Waals surface area contributed by atoms with E-state index in [1.807, 2.05) is 7.11 Å². The van der Waals surface area contributed by atoms with Crippen LogP contribution in [0, 0.1) is 0 Å². The maximum absolute atomic E-state index is 6.17. The predicted molar refractivity (Wildman–Crippen MR) is 137 cm³/mol. The van der Waals surface area contributed by atoms with E-state index in [4.69, 9.17) is 4.74 Å². The van der Waals surface area contributed by atoms with Crippen LogP contribution in [0.1, 0.15) is 110 Å². The summed E-state index contributed by atoms with van der Waals surface area (Å²) in [6.07, 6.45) is 2.38. The molecule has 0 aliphatic heterocycles. The maximum Gasteiger partial charge on any atom is 0.131 e. The van der Waals surface area contributed by atoms with Crippen LogP contribution in [0.15, 0.2) is 29.8 Å². The van der Waals surface area contributed by atoms with Crippen LogP contribution in [0.5, 0.6) is 5.75 Å². The molecule has 2 aromatic rings. The molecule has 0 amide bonds. The van der Waals surface area contributed by atoms with Crippen molar-refractivity contribution < 1.29 is 4.74 Å². The van der Waals surface area contributed by atoms with Crippen LogP contribution in [0.2, 0.25) is 0 Å². The minimum absolute atomic E-state index is 0.000166. The van der Waals surface area contributed by atoms with Crippen molar-refractivity contribution in [1.29, 1.82) is 0 Å². The third-order valence-electron chi connectivity index (χ3n) is 6.84. The van der Waals surface area contributed by atoms with Crippen LogP contribution in [0.4, 0.5) is 0 Å². The topological polar surface area (TPSA) is 9.23 Å². The summed E-state index contributed by atoms with van der Waals surface area (Å²) in [7, 11) is 1.83. The molecule has 0 aromatic heterocycles. The van der Waals surface area contributed by atoms with Crippen molar-refractivity contribution in [3.63, 3.8) is 0 Å². The first kappa shape index (κ1) is 23.6. The lowest BCUT2D eigenvalue weighted by molar-refractivity contribution is 0.399. The van der Waals surface area contributed by atoms with Crippen molar-refractivity contribution in [3.05, 3.63) is 57.7 Å². The molecule has 0 fully saturated rings. The highest BCUT2D eigenvalue weighted by atomic mass is 16.5. The molecule has 31 heavy (non-hydrogen) atoms. The van der Waals surface area contributed by atoms with Crippen LogP contribution in [-0.2, 0) is 16.2 Å². The molecule has 1 atom stereocenters. The van der Waals surface area contributed by atoms with Gasteiger partial charge in [-0.3, -0.25) is 0 Å². The second-order valence-corrected chi connectivity index (χ2v) is 12.5. The number of fused-ring (bicyclic) bond motifs is 1. The number of hydrogen-bond acceptors (Lipinski definition) is 1. The average Bonchev–Trinajstić information content (AvgIpc) is 2.91. The summed E-state index contributed by atoms with van der Waals surface area (Å²) in [6, 6.07) is 9.58. The highest BCUT2D eigenvalue weighted by Gasteiger charge is 2.31. The van der Waals surface area contributed by atoms with Crippen molar-refractivity contribution in [3.8, 4) is 16.9 Å². The molecular weight excluding hydrogens is 376 g/mol. The van der Waals surface area contributed by atoms with E-state index < -0.39 is 0 Å². The first-order valence-electron chi connectivity index (χ1n) is 11.7. The summed E-state index contributed by atoms with van der Waals surface area (Å²) in [6.45, 7) is 25.3. The van der Waals surface area contributed by atoms with Gasteiger partial charge in [-0.25, -0.2) is 0 Å². The molecule has 1 aliphatic carbocycles. The van der Waals surface area contributed by atoms with Gasteiger partial charge in [-0.05, 0) is 51.0 Å². The number of hydrogen-bond donors (Lipinski definition) is 0. The smallest absolute Gasteiger partial charge is 0.131 e. The monoisotopic (exact) mass is 418 g/mol. The highest BCUT2D eigenvalue weighted by Crippen LogP contribution is 2.50. The average molecular weight is 419 g/mol. The molecule has 0 spiro atoms. The van der Waals surface area contributed by atoms with Crippen molar-refractivity contribution in [2.45, 2.75) is 98.3 Å². The van der Waals surface area contributed by atoms with E-state index in [0.29, 0.717) is 5.92 Å². The number of allylic oxidation sites excluding steroid dienone is 1. The fraction of sp³-hybridized carbons (Fsp3) is 0.533. The third kappa shape index (κ3) is 4.34. The lowest BCUT2D eigenvalue weighted by atomic mass is 9.76. The Bertz CT molecular complexity index is 998. The lowest BCUT2D eigenvalue weighted by Gasteiger charge is -2.29. The van der Waals surface area contributed by atoms with Gasteiger partial charge < -0.3 is 4.74 Å². The van der Waals surface area contributed by atoms with Crippen molar-refractivity contribution in [1.82, 2.24) is 0 Å². The Kier molecular flexibility index (Phi) is 5.75. The van der Waals surface area contributed by atoms with Crippen LogP contribution < -0.4 is 4.74 Å². The van der Waals surface area contributed by atoms with Gasteiger partial charge in [0.2, 0.25) is 0 Å². The Hall–Kier alpha value is -2.02. The van der Waals surface area contributed by atoms with E-state index in [1.165, 1.54) is 44.5 Å². The second-order valence-electron chi connectivity index (χ2n) is 12.5. The Morgan fingerprint density at radius 3 is 1.68 bits per heavy atom. The lowest BCUT2D eigenvalue weighted by Crippen LogP contribution is -2.17. The highest BCUT2D eigenvalue weighted by molar-refractivity contribution is 5.88. The minimum Gasteiger partial charge on any atom is -0.496 e. The predicted octanol–water partition coefficient (Wildman–Crippen LogP) is 8.78. The number of ether oxygens (including phenoxy) is 1. The molecule has 1 aliphatic rings. The van der Waals surface area contributed by atoms with Gasteiger partial charge in [0, 0.05) is 17.0 Å². The molecule has 168 valence electrons. The van der Waals surface area contributed by atoms with Gasteiger partial charge in [-0.1, -0.05) is 105 Å². The molecule has 2 aromatic carbocycles. The van der Waals surface area contributed by atoms with E-state index in [9.17, 15) is 0 Å². The second kappa shape index (κ2) is 7.54. The molecule has 0 heterocycles. The summed E-state index contributed by atoms with van der Waals surface area (Å²) in [5.74, 6) is 1.46. The van der Waals surface area contributed by atoms with Gasteiger partial charge in [0.05, 0.1) is 7.11 Å². The third-order valence-corrected chi connectivity index (χ3v) is 6.84. The van der Waals surface area contributed by atoms with Gasteiger partial charge in [0.25, 0.3) is 0 Å². The minimum atomic E-state index is -0.000166. The SMILES string of the molecule is COc1c(C(C)(C)C)cc2c(c1-c1cc(C(C)(C)C)cc(C(C)(C)C)c1)C=C(C)C2C. The van der Waals surface area contributed by atoms with E-state index in [2.05, 4.69) is 107 Å². The number of rotatable bonds is 2. The van der Waals surface area contributed by atoms with Gasteiger partial charge >= 0.3 is 0 Å². The van der Waals surface area contributed by atoms with Crippen molar-refractivity contribution in [2.75, 3.05) is 7.11 Å². The molecule has 1 unspecified atom stereocenters. The van der Waals surface area contributed by atoms with E-state index in [0.717, 1.165) is 5.75 Å². The molecule has 1 nitrogen and oxygen atoms in total. The molecule has 0 saturated heterocycles. The maximum atomic E-state index is 6.17. The normalized spacial score (nSPS) is 16.9. The first-order valence-corrected chi connectivity index (χ1v) is 11.7. The summed E-state index contributed by atoms with van der Waals surface area (Å²) in [5, 5.41) is 0. The first-order chi connectivity index (χ1) is 14.1. The number of methoxy groups -OCH3 is 1. The largest absolute Gasteiger partial charge is 0.496 e. The van der Waals surface area contributed by atoms with Crippen molar-refractivity contribution in [2.24, 2.45) is 0 Å². The molecule has 0 radical (unpaired) electrons. The Morgan fingerprint density at radius 2 is 1.26 bits per heavy atom. The Labute approximate surface area is 190 Å². The van der Waals surface area contributed by atoms with Crippen LogP contribution >= 0.6 is 0 Å². The van der Waals surface area contributed by atoms with Gasteiger partial charge in [0.15, 0.2) is 0 Å². The number of benzene rings is 2. The molecular formula is C30H42O. The molecule has 0 saturated carbocycles. The van der Waals surface area contributed by atoms with Gasteiger partial charge in [0.1, 0.15) is 5.75 Å². The summed E-state index contributed by atoms with van der Waals surface area (Å²) < 4.78 is 6.17. The molecule has 0 N–H and O–H groups in total. The molecule has 1 heteroatoms. The van der Waals surface area contributed by atoms with Crippen LogP contribution in [-0.4, -0.2) is 7.11 Å². The zero-order valence-corrected chi connectivity index (χ0v) is 21.9. The van der Waals surface area contributed by atoms with Crippen LogP contribution in [0.25, 0.3) is 17.2 Å². The molecule has 0 bridgehead atoms. The van der Waals surface area contributed by atoms with Crippen LogP contribution in [0.3, 0.4) is 0 Å². The summed E-state index contributed by atoms with van der Waals surface area (Å²) in [5.41, 5.74) is 10.9. The Morgan fingerprint density at radius 1 is 0.742 bits per heavy atom. The van der Waals surface area contributed by atoms with E-state index in [1.54, 1.807) is 0 Å². The standard InChI is InChI=1S/C30H42O/c1-18-13-24-23(19(18)2)17-25(30(9,10)11)27(31-12)26(24)20-14-21(28(3,4)5)16-22(15-20)29(6,7)8/h13-17,19H,1-12H3. The van der Waals surface area contributed by atoms with E-state index >= 15 is 0 Å².